The average molecular weight is 211 g/mol. The van der Waals surface area contributed by atoms with Crippen molar-refractivity contribution < 1.29 is 20.1 Å². The molecular formula is C10H13NO4. The van der Waals surface area contributed by atoms with E-state index in [4.69, 9.17) is 10.2 Å². The van der Waals surface area contributed by atoms with Crippen LogP contribution < -0.4 is 5.32 Å². The van der Waals surface area contributed by atoms with Crippen LogP contribution in [0.5, 0.6) is 11.5 Å². The molecule has 1 aromatic carbocycles. The maximum Gasteiger partial charge on any atom is 0.255 e. The van der Waals surface area contributed by atoms with Gasteiger partial charge in [0.2, 0.25) is 0 Å². The Morgan fingerprint density at radius 3 is 2.73 bits per heavy atom. The normalized spacial score (nSPS) is 12.1. The van der Waals surface area contributed by atoms with E-state index in [0.29, 0.717) is 0 Å². The number of aliphatic hydroxyl groups excluding tert-OH is 1. The van der Waals surface area contributed by atoms with Gasteiger partial charge in [0.1, 0.15) is 0 Å². The molecule has 1 atom stereocenters. The number of aromatic hydroxyl groups is 2. The summed E-state index contributed by atoms with van der Waals surface area (Å²) >= 11 is 0. The molecule has 82 valence electrons. The summed E-state index contributed by atoms with van der Waals surface area (Å²) in [6, 6.07) is 4.11. The Labute approximate surface area is 87.0 Å². The number of carbonyl (C=O) groups excluding carboxylic acids is 1. The van der Waals surface area contributed by atoms with E-state index in [1.165, 1.54) is 25.1 Å². The van der Waals surface area contributed by atoms with Gasteiger partial charge in [0.15, 0.2) is 11.5 Å². The van der Waals surface area contributed by atoms with Crippen molar-refractivity contribution in [2.24, 2.45) is 0 Å². The van der Waals surface area contributed by atoms with Gasteiger partial charge in [-0.05, 0) is 19.1 Å². The number of amides is 1. The number of benzene rings is 1. The number of carbonyl (C=O) groups is 1. The number of hydrogen-bond donors (Lipinski definition) is 4. The Bertz CT molecular complexity index is 362. The lowest BCUT2D eigenvalue weighted by molar-refractivity contribution is 0.0920. The van der Waals surface area contributed by atoms with Gasteiger partial charge in [-0.25, -0.2) is 0 Å². The molecule has 1 rings (SSSR count). The van der Waals surface area contributed by atoms with Crippen LogP contribution in [0.2, 0.25) is 0 Å². The molecule has 5 heteroatoms. The SMILES string of the molecule is C[C@@H](O)CNC(=O)c1cccc(O)c1O. The van der Waals surface area contributed by atoms with Crippen molar-refractivity contribution in [2.75, 3.05) is 6.54 Å². The second-order valence-corrected chi connectivity index (χ2v) is 3.23. The average Bonchev–Trinajstić information content (AvgIpc) is 2.18. The molecule has 0 unspecified atom stereocenters. The molecule has 15 heavy (non-hydrogen) atoms. The van der Waals surface area contributed by atoms with Crippen LogP contribution in [-0.4, -0.2) is 33.9 Å². The number of rotatable bonds is 3. The zero-order valence-electron chi connectivity index (χ0n) is 8.27. The van der Waals surface area contributed by atoms with E-state index in [1.54, 1.807) is 0 Å². The van der Waals surface area contributed by atoms with E-state index in [2.05, 4.69) is 5.32 Å². The lowest BCUT2D eigenvalue weighted by Crippen LogP contribution is -2.30. The molecule has 0 aliphatic rings. The van der Waals surface area contributed by atoms with Crippen LogP contribution in [0.3, 0.4) is 0 Å². The van der Waals surface area contributed by atoms with Crippen LogP contribution in [0.15, 0.2) is 18.2 Å². The van der Waals surface area contributed by atoms with Gasteiger partial charge in [-0.3, -0.25) is 4.79 Å². The van der Waals surface area contributed by atoms with Crippen molar-refractivity contribution in [3.63, 3.8) is 0 Å². The third-order valence-corrected chi connectivity index (χ3v) is 1.82. The van der Waals surface area contributed by atoms with E-state index >= 15 is 0 Å². The van der Waals surface area contributed by atoms with Crippen molar-refractivity contribution >= 4 is 5.91 Å². The predicted octanol–water partition coefficient (Wildman–Crippen LogP) is 0.208. The summed E-state index contributed by atoms with van der Waals surface area (Å²) in [5.41, 5.74) is -0.0179. The van der Waals surface area contributed by atoms with Crippen molar-refractivity contribution in [3.8, 4) is 11.5 Å². The van der Waals surface area contributed by atoms with E-state index < -0.39 is 17.8 Å². The summed E-state index contributed by atoms with van der Waals surface area (Å²) in [7, 11) is 0. The molecule has 0 fully saturated rings. The monoisotopic (exact) mass is 211 g/mol. The highest BCUT2D eigenvalue weighted by atomic mass is 16.3. The summed E-state index contributed by atoms with van der Waals surface area (Å²) in [6.45, 7) is 1.62. The van der Waals surface area contributed by atoms with Crippen molar-refractivity contribution in [2.45, 2.75) is 13.0 Å². The largest absolute Gasteiger partial charge is 0.504 e. The number of aliphatic hydroxyl groups is 1. The summed E-state index contributed by atoms with van der Waals surface area (Å²) in [5.74, 6) is -1.34. The molecule has 0 aliphatic carbocycles. The Kier molecular flexibility index (Phi) is 3.51. The molecule has 0 heterocycles. The molecule has 0 saturated carbocycles. The maximum absolute atomic E-state index is 11.4. The summed E-state index contributed by atoms with van der Waals surface area (Å²) in [6.07, 6.45) is -0.659. The fourth-order valence-electron chi connectivity index (χ4n) is 1.05. The highest BCUT2D eigenvalue weighted by Crippen LogP contribution is 2.27. The van der Waals surface area contributed by atoms with Crippen molar-refractivity contribution in [3.05, 3.63) is 23.8 Å². The lowest BCUT2D eigenvalue weighted by atomic mass is 10.1. The van der Waals surface area contributed by atoms with E-state index in [0.717, 1.165) is 0 Å². The van der Waals surface area contributed by atoms with Gasteiger partial charge in [0, 0.05) is 6.54 Å². The molecule has 0 aliphatic heterocycles. The number of phenols is 2. The molecule has 0 spiro atoms. The quantitative estimate of drug-likeness (QED) is 0.538. The number of hydrogen-bond acceptors (Lipinski definition) is 4. The molecule has 4 N–H and O–H groups in total. The lowest BCUT2D eigenvalue weighted by Gasteiger charge is -2.08. The number of nitrogens with one attached hydrogen (secondary N) is 1. The molecular weight excluding hydrogens is 198 g/mol. The van der Waals surface area contributed by atoms with Gasteiger partial charge in [-0.2, -0.15) is 0 Å². The highest BCUT2D eigenvalue weighted by molar-refractivity contribution is 5.97. The highest BCUT2D eigenvalue weighted by Gasteiger charge is 2.13. The zero-order chi connectivity index (χ0) is 11.4. The second-order valence-electron chi connectivity index (χ2n) is 3.23. The first-order chi connectivity index (χ1) is 7.02. The third kappa shape index (κ3) is 2.85. The minimum absolute atomic E-state index is 0.0179. The van der Waals surface area contributed by atoms with Crippen LogP contribution in [0.25, 0.3) is 0 Å². The van der Waals surface area contributed by atoms with Crippen LogP contribution in [0.1, 0.15) is 17.3 Å². The topological polar surface area (TPSA) is 89.8 Å². The first-order valence-corrected chi connectivity index (χ1v) is 4.49. The predicted molar refractivity (Wildman–Crippen MR) is 53.8 cm³/mol. The van der Waals surface area contributed by atoms with E-state index in [-0.39, 0.29) is 17.9 Å². The second kappa shape index (κ2) is 4.65. The van der Waals surface area contributed by atoms with Crippen molar-refractivity contribution in [1.29, 1.82) is 0 Å². The molecule has 0 saturated heterocycles. The van der Waals surface area contributed by atoms with Crippen LogP contribution in [0.4, 0.5) is 0 Å². The molecule has 0 radical (unpaired) electrons. The van der Waals surface area contributed by atoms with Gasteiger partial charge in [-0.1, -0.05) is 6.07 Å². The van der Waals surface area contributed by atoms with Crippen molar-refractivity contribution in [1.82, 2.24) is 5.32 Å². The van der Waals surface area contributed by atoms with Gasteiger partial charge >= 0.3 is 0 Å². The smallest absolute Gasteiger partial charge is 0.255 e. The van der Waals surface area contributed by atoms with Gasteiger partial charge < -0.3 is 20.6 Å². The number of phenolic OH excluding ortho intramolecular Hbond substituents is 2. The Balaban J connectivity index is 2.78. The minimum Gasteiger partial charge on any atom is -0.504 e. The Morgan fingerprint density at radius 2 is 2.13 bits per heavy atom. The van der Waals surface area contributed by atoms with Crippen LogP contribution in [0, 0.1) is 0 Å². The molecule has 5 nitrogen and oxygen atoms in total. The standard InChI is InChI=1S/C10H13NO4/c1-6(12)5-11-10(15)7-3-2-4-8(13)9(7)14/h2-4,6,12-14H,5H2,1H3,(H,11,15)/t6-/m1/s1. The minimum atomic E-state index is -0.659. The molecule has 1 amide bonds. The van der Waals surface area contributed by atoms with E-state index in [1.807, 2.05) is 0 Å². The first kappa shape index (κ1) is 11.3. The van der Waals surface area contributed by atoms with Gasteiger partial charge in [0.05, 0.1) is 11.7 Å². The number of para-hydroxylation sites is 1. The molecule has 1 aromatic rings. The van der Waals surface area contributed by atoms with Gasteiger partial charge in [-0.15, -0.1) is 0 Å². The summed E-state index contributed by atoms with van der Waals surface area (Å²) < 4.78 is 0. The van der Waals surface area contributed by atoms with Gasteiger partial charge in [0.25, 0.3) is 5.91 Å². The maximum atomic E-state index is 11.4. The molecule has 0 bridgehead atoms. The summed E-state index contributed by atoms with van der Waals surface area (Å²) in [5, 5.41) is 29.9. The first-order valence-electron chi connectivity index (χ1n) is 4.49. The zero-order valence-corrected chi connectivity index (χ0v) is 8.27. The Hall–Kier alpha value is -1.75. The van der Waals surface area contributed by atoms with Crippen LogP contribution >= 0.6 is 0 Å². The third-order valence-electron chi connectivity index (χ3n) is 1.82. The molecule has 0 aromatic heterocycles. The van der Waals surface area contributed by atoms with E-state index in [9.17, 15) is 9.90 Å². The fraction of sp³-hybridized carbons (Fsp3) is 0.300. The van der Waals surface area contributed by atoms with Crippen LogP contribution in [-0.2, 0) is 0 Å². The Morgan fingerprint density at radius 1 is 1.47 bits per heavy atom. The fourth-order valence-corrected chi connectivity index (χ4v) is 1.05. The summed E-state index contributed by atoms with van der Waals surface area (Å²) in [4.78, 5) is 11.4.